The van der Waals surface area contributed by atoms with Crippen molar-refractivity contribution >= 4 is 22.8 Å². The molecule has 4 heterocycles. The molecule has 29 heavy (non-hydrogen) atoms. The summed E-state index contributed by atoms with van der Waals surface area (Å²) >= 11 is 0. The van der Waals surface area contributed by atoms with Crippen molar-refractivity contribution in [1.82, 2.24) is 24.6 Å². The number of carbonyl (C=O) groups excluding carboxylic acids is 2. The molecule has 0 radical (unpaired) electrons. The van der Waals surface area contributed by atoms with Crippen molar-refractivity contribution in [3.63, 3.8) is 0 Å². The summed E-state index contributed by atoms with van der Waals surface area (Å²) in [6, 6.07) is 6.39. The van der Waals surface area contributed by atoms with Gasteiger partial charge in [-0.3, -0.25) is 19.5 Å². The molecule has 4 aromatic rings. The average molecular weight is 391 g/mol. The summed E-state index contributed by atoms with van der Waals surface area (Å²) in [4.78, 5) is 34.5. The van der Waals surface area contributed by atoms with Gasteiger partial charge in [0.25, 0.3) is 11.8 Å². The summed E-state index contributed by atoms with van der Waals surface area (Å²) in [6.45, 7) is 0. The number of hydrogen-bond acceptors (Lipinski definition) is 5. The minimum Gasteiger partial charge on any atom is -0.277 e. The SMILES string of the molecule is CN1C(=O)c2cnc3c(c(-c4cccnc4)nn3-c3cc(F)cc(F)c3)c2C1=O. The maximum absolute atomic E-state index is 13.8. The summed E-state index contributed by atoms with van der Waals surface area (Å²) in [7, 11) is 1.38. The van der Waals surface area contributed by atoms with Gasteiger partial charge in [0.05, 0.1) is 22.2 Å². The van der Waals surface area contributed by atoms with Crippen molar-refractivity contribution in [3.05, 3.63) is 71.7 Å². The molecule has 7 nitrogen and oxygen atoms in total. The van der Waals surface area contributed by atoms with Crippen LogP contribution in [0.15, 0.2) is 48.9 Å². The second-order valence-electron chi connectivity index (χ2n) is 6.54. The molecule has 1 aromatic carbocycles. The highest BCUT2D eigenvalue weighted by atomic mass is 19.1. The Labute approximate surface area is 162 Å². The van der Waals surface area contributed by atoms with Crippen LogP contribution in [0.4, 0.5) is 8.78 Å². The largest absolute Gasteiger partial charge is 0.277 e. The molecular weight excluding hydrogens is 380 g/mol. The van der Waals surface area contributed by atoms with Gasteiger partial charge in [-0.05, 0) is 24.3 Å². The van der Waals surface area contributed by atoms with E-state index in [1.807, 2.05) is 0 Å². The van der Waals surface area contributed by atoms with Crippen LogP contribution in [0.2, 0.25) is 0 Å². The molecule has 1 aliphatic rings. The number of aromatic nitrogens is 4. The molecule has 2 amide bonds. The third kappa shape index (κ3) is 2.44. The second-order valence-corrected chi connectivity index (χ2v) is 6.54. The van der Waals surface area contributed by atoms with Crippen molar-refractivity contribution in [2.75, 3.05) is 7.05 Å². The van der Waals surface area contributed by atoms with E-state index in [2.05, 4.69) is 15.1 Å². The molecule has 0 spiro atoms. The van der Waals surface area contributed by atoms with E-state index >= 15 is 0 Å². The zero-order valence-corrected chi connectivity index (χ0v) is 14.9. The Morgan fingerprint density at radius 3 is 2.45 bits per heavy atom. The van der Waals surface area contributed by atoms with E-state index in [-0.39, 0.29) is 22.5 Å². The second kappa shape index (κ2) is 5.99. The summed E-state index contributed by atoms with van der Waals surface area (Å²) < 4.78 is 28.9. The Balaban J connectivity index is 1.91. The lowest BCUT2D eigenvalue weighted by Crippen LogP contribution is -2.24. The van der Waals surface area contributed by atoms with Crippen LogP contribution in [0.3, 0.4) is 0 Å². The molecule has 142 valence electrons. The highest BCUT2D eigenvalue weighted by Gasteiger charge is 2.37. The Morgan fingerprint density at radius 1 is 1.00 bits per heavy atom. The normalized spacial score (nSPS) is 13.4. The lowest BCUT2D eigenvalue weighted by Gasteiger charge is -2.04. The van der Waals surface area contributed by atoms with Crippen LogP contribution >= 0.6 is 0 Å². The highest BCUT2D eigenvalue weighted by Crippen LogP contribution is 2.36. The molecule has 5 rings (SSSR count). The lowest BCUT2D eigenvalue weighted by molar-refractivity contribution is 0.0693. The first-order valence-electron chi connectivity index (χ1n) is 8.56. The van der Waals surface area contributed by atoms with Gasteiger partial charge in [-0.1, -0.05) is 0 Å². The number of fused-ring (bicyclic) bond motifs is 3. The van der Waals surface area contributed by atoms with Gasteiger partial charge in [0.2, 0.25) is 0 Å². The average Bonchev–Trinajstić information content (AvgIpc) is 3.20. The maximum Gasteiger partial charge on any atom is 0.262 e. The zero-order valence-electron chi connectivity index (χ0n) is 14.9. The van der Waals surface area contributed by atoms with E-state index in [1.165, 1.54) is 17.9 Å². The predicted octanol–water partition coefficient (Wildman–Crippen LogP) is 2.99. The fraction of sp³-hybridized carbons (Fsp3) is 0.0500. The van der Waals surface area contributed by atoms with E-state index in [0.717, 1.165) is 23.1 Å². The maximum atomic E-state index is 13.8. The minimum atomic E-state index is -0.779. The molecule has 0 saturated heterocycles. The van der Waals surface area contributed by atoms with Crippen molar-refractivity contribution in [1.29, 1.82) is 0 Å². The number of nitrogens with zero attached hydrogens (tertiary/aromatic N) is 5. The van der Waals surface area contributed by atoms with E-state index < -0.39 is 23.4 Å². The van der Waals surface area contributed by atoms with Gasteiger partial charge in [-0.15, -0.1) is 0 Å². The number of rotatable bonds is 2. The van der Waals surface area contributed by atoms with E-state index in [4.69, 9.17) is 0 Å². The molecule has 1 aliphatic heterocycles. The number of hydrogen-bond donors (Lipinski definition) is 0. The van der Waals surface area contributed by atoms with Crippen molar-refractivity contribution in [2.45, 2.75) is 0 Å². The Bertz CT molecular complexity index is 1310. The number of carbonyl (C=O) groups is 2. The lowest BCUT2D eigenvalue weighted by atomic mass is 10.0. The van der Waals surface area contributed by atoms with Gasteiger partial charge in [0.1, 0.15) is 17.3 Å². The molecule has 0 N–H and O–H groups in total. The Hall–Kier alpha value is -4.01. The Morgan fingerprint density at radius 2 is 1.76 bits per heavy atom. The first-order chi connectivity index (χ1) is 14.0. The van der Waals surface area contributed by atoms with Crippen LogP contribution in [-0.2, 0) is 0 Å². The predicted molar refractivity (Wildman–Crippen MR) is 98.4 cm³/mol. The molecular formula is C20H11F2N5O2. The molecule has 0 atom stereocenters. The smallest absolute Gasteiger partial charge is 0.262 e. The van der Waals surface area contributed by atoms with Crippen LogP contribution in [-0.4, -0.2) is 43.5 Å². The van der Waals surface area contributed by atoms with Gasteiger partial charge < -0.3 is 0 Å². The monoisotopic (exact) mass is 391 g/mol. The topological polar surface area (TPSA) is 81.0 Å². The summed E-state index contributed by atoms with van der Waals surface area (Å²) in [6.07, 6.45) is 4.40. The number of halogens is 2. The number of pyridine rings is 2. The molecule has 0 unspecified atom stereocenters. The molecule has 0 fully saturated rings. The summed E-state index contributed by atoms with van der Waals surface area (Å²) in [5.41, 5.74) is 1.51. The fourth-order valence-corrected chi connectivity index (χ4v) is 3.45. The van der Waals surface area contributed by atoms with Crippen LogP contribution in [0.1, 0.15) is 20.7 Å². The van der Waals surface area contributed by atoms with E-state index in [0.29, 0.717) is 16.6 Å². The zero-order chi connectivity index (χ0) is 20.3. The summed E-state index contributed by atoms with van der Waals surface area (Å²) in [5, 5.41) is 4.79. The van der Waals surface area contributed by atoms with Gasteiger partial charge in [-0.25, -0.2) is 18.4 Å². The molecule has 9 heteroatoms. The minimum absolute atomic E-state index is 0.0974. The van der Waals surface area contributed by atoms with Crippen molar-refractivity contribution < 1.29 is 18.4 Å². The van der Waals surface area contributed by atoms with Crippen LogP contribution in [0.25, 0.3) is 28.0 Å². The number of amides is 2. The fourth-order valence-electron chi connectivity index (χ4n) is 3.45. The van der Waals surface area contributed by atoms with E-state index in [9.17, 15) is 18.4 Å². The third-order valence-corrected chi connectivity index (χ3v) is 4.78. The quantitative estimate of drug-likeness (QED) is 0.491. The summed E-state index contributed by atoms with van der Waals surface area (Å²) in [5.74, 6) is -2.52. The first-order valence-corrected chi connectivity index (χ1v) is 8.56. The third-order valence-electron chi connectivity index (χ3n) is 4.78. The van der Waals surface area contributed by atoms with Gasteiger partial charge in [0, 0.05) is 37.3 Å². The Kier molecular flexibility index (Phi) is 3.54. The van der Waals surface area contributed by atoms with Crippen molar-refractivity contribution in [2.24, 2.45) is 0 Å². The van der Waals surface area contributed by atoms with Gasteiger partial charge in [0.15, 0.2) is 5.65 Å². The van der Waals surface area contributed by atoms with E-state index in [1.54, 1.807) is 24.5 Å². The molecule has 3 aromatic heterocycles. The first kappa shape index (κ1) is 17.1. The van der Waals surface area contributed by atoms with Crippen LogP contribution in [0, 0.1) is 11.6 Å². The standard InChI is InChI=1S/C20H11F2N5O2/c1-26-19(28)14-9-24-18-16(15(14)20(26)29)17(10-3-2-4-23-8-10)25-27(18)13-6-11(21)5-12(22)7-13/h2-9H,1H3. The van der Waals surface area contributed by atoms with Gasteiger partial charge >= 0.3 is 0 Å². The molecule has 0 saturated carbocycles. The molecule has 0 bridgehead atoms. The molecule has 0 aliphatic carbocycles. The van der Waals surface area contributed by atoms with Crippen LogP contribution in [0.5, 0.6) is 0 Å². The van der Waals surface area contributed by atoms with Gasteiger partial charge in [-0.2, -0.15) is 5.10 Å². The number of imide groups is 1. The number of benzene rings is 1. The van der Waals surface area contributed by atoms with Crippen molar-refractivity contribution in [3.8, 4) is 16.9 Å². The van der Waals surface area contributed by atoms with Crippen LogP contribution < -0.4 is 0 Å². The highest BCUT2D eigenvalue weighted by molar-refractivity contribution is 6.27.